The third kappa shape index (κ3) is 2.76. The second kappa shape index (κ2) is 5.16. The third-order valence-corrected chi connectivity index (χ3v) is 3.45. The lowest BCUT2D eigenvalue weighted by Gasteiger charge is -2.36. The molecule has 1 aliphatic rings. The van der Waals surface area contributed by atoms with Crippen molar-refractivity contribution in [3.8, 4) is 5.75 Å². The van der Waals surface area contributed by atoms with Gasteiger partial charge in [-0.1, -0.05) is 17.7 Å². The first-order valence-corrected chi connectivity index (χ1v) is 6.22. The molecule has 0 aromatic heterocycles. The van der Waals surface area contributed by atoms with Gasteiger partial charge in [-0.25, -0.2) is 0 Å². The molecule has 0 amide bonds. The summed E-state index contributed by atoms with van der Waals surface area (Å²) in [6.07, 6.45) is 0.176. The molecule has 1 N–H and O–H groups in total. The maximum Gasteiger partial charge on any atom is 0.310 e. The van der Waals surface area contributed by atoms with Crippen LogP contribution in [0.25, 0.3) is 0 Å². The van der Waals surface area contributed by atoms with Gasteiger partial charge < -0.3 is 9.84 Å². The molecular weight excluding hydrogens is 254 g/mol. The van der Waals surface area contributed by atoms with Gasteiger partial charge >= 0.3 is 5.97 Å². The Labute approximate surface area is 111 Å². The van der Waals surface area contributed by atoms with Crippen LogP contribution in [0.4, 0.5) is 0 Å². The summed E-state index contributed by atoms with van der Waals surface area (Å²) in [7, 11) is 2.03. The van der Waals surface area contributed by atoms with Crippen LogP contribution in [0, 0.1) is 0 Å². The predicted octanol–water partition coefficient (Wildman–Crippen LogP) is 2.22. The number of hydrogen-bond acceptors (Lipinski definition) is 3. The van der Waals surface area contributed by atoms with Gasteiger partial charge in [-0.3, -0.25) is 9.69 Å². The second-order valence-electron chi connectivity index (χ2n) is 4.71. The van der Waals surface area contributed by atoms with Crippen molar-refractivity contribution in [3.05, 3.63) is 28.8 Å². The molecule has 0 spiro atoms. The number of ether oxygens (including phenoxy) is 1. The smallest absolute Gasteiger partial charge is 0.310 e. The quantitative estimate of drug-likeness (QED) is 0.911. The topological polar surface area (TPSA) is 49.8 Å². The van der Waals surface area contributed by atoms with Crippen molar-refractivity contribution in [2.45, 2.75) is 18.9 Å². The SMILES string of the molecule is CC(C(=O)O)c1ccc(OC2CN(C)C2)c(Cl)c1. The maximum atomic E-state index is 10.9. The van der Waals surface area contributed by atoms with Gasteiger partial charge in [0, 0.05) is 13.1 Å². The number of nitrogens with zero attached hydrogens (tertiary/aromatic N) is 1. The molecule has 1 unspecified atom stereocenters. The van der Waals surface area contributed by atoms with Gasteiger partial charge in [0.2, 0.25) is 0 Å². The number of carboxylic acids is 1. The molecule has 0 saturated carbocycles. The van der Waals surface area contributed by atoms with Crippen molar-refractivity contribution in [2.24, 2.45) is 0 Å². The summed E-state index contributed by atoms with van der Waals surface area (Å²) in [5.74, 6) is -0.803. The van der Waals surface area contributed by atoms with Crippen molar-refractivity contribution >= 4 is 17.6 Å². The Bertz CT molecular complexity index is 458. The minimum atomic E-state index is -0.861. The van der Waals surface area contributed by atoms with E-state index < -0.39 is 11.9 Å². The first kappa shape index (κ1) is 13.2. The highest BCUT2D eigenvalue weighted by molar-refractivity contribution is 6.32. The van der Waals surface area contributed by atoms with Gasteiger partial charge in [0.1, 0.15) is 11.9 Å². The molecule has 0 bridgehead atoms. The number of rotatable bonds is 4. The number of benzene rings is 1. The molecule has 18 heavy (non-hydrogen) atoms. The average molecular weight is 270 g/mol. The molecule has 1 heterocycles. The van der Waals surface area contributed by atoms with E-state index in [1.165, 1.54) is 0 Å². The molecule has 1 aromatic carbocycles. The van der Waals surface area contributed by atoms with Crippen molar-refractivity contribution < 1.29 is 14.6 Å². The summed E-state index contributed by atoms with van der Waals surface area (Å²) in [6.45, 7) is 3.42. The Balaban J connectivity index is 2.07. The van der Waals surface area contributed by atoms with Gasteiger partial charge in [0.25, 0.3) is 0 Å². The van der Waals surface area contributed by atoms with Crippen LogP contribution in [0.15, 0.2) is 18.2 Å². The Morgan fingerprint density at radius 1 is 1.56 bits per heavy atom. The zero-order valence-electron chi connectivity index (χ0n) is 10.4. The first-order valence-electron chi connectivity index (χ1n) is 5.85. The second-order valence-corrected chi connectivity index (χ2v) is 5.12. The van der Waals surface area contributed by atoms with E-state index in [9.17, 15) is 4.79 Å². The standard InChI is InChI=1S/C13H16ClNO3/c1-8(13(16)17)9-3-4-12(11(14)5-9)18-10-6-15(2)7-10/h3-5,8,10H,6-7H2,1-2H3,(H,16,17). The highest BCUT2D eigenvalue weighted by atomic mass is 35.5. The minimum Gasteiger partial charge on any atom is -0.486 e. The van der Waals surface area contributed by atoms with E-state index in [2.05, 4.69) is 4.90 Å². The van der Waals surface area contributed by atoms with Crippen LogP contribution < -0.4 is 4.74 Å². The lowest BCUT2D eigenvalue weighted by molar-refractivity contribution is -0.138. The Morgan fingerprint density at radius 2 is 2.22 bits per heavy atom. The number of likely N-dealkylation sites (tertiary alicyclic amines) is 1. The molecule has 1 aromatic rings. The van der Waals surface area contributed by atoms with Crippen LogP contribution in [0.3, 0.4) is 0 Å². The van der Waals surface area contributed by atoms with E-state index in [4.69, 9.17) is 21.4 Å². The molecule has 4 nitrogen and oxygen atoms in total. The average Bonchev–Trinajstić information content (AvgIpc) is 2.28. The van der Waals surface area contributed by atoms with Crippen LogP contribution in [-0.2, 0) is 4.79 Å². The highest BCUT2D eigenvalue weighted by Gasteiger charge is 2.25. The number of carbonyl (C=O) groups is 1. The van der Waals surface area contributed by atoms with E-state index in [-0.39, 0.29) is 6.10 Å². The number of halogens is 1. The summed E-state index contributed by atoms with van der Waals surface area (Å²) in [5.41, 5.74) is 0.686. The molecule has 2 rings (SSSR count). The Morgan fingerprint density at radius 3 is 2.72 bits per heavy atom. The van der Waals surface area contributed by atoms with Gasteiger partial charge in [0.05, 0.1) is 10.9 Å². The number of aliphatic carboxylic acids is 1. The predicted molar refractivity (Wildman–Crippen MR) is 69.4 cm³/mol. The summed E-state index contributed by atoms with van der Waals surface area (Å²) in [6, 6.07) is 5.16. The molecule has 1 fully saturated rings. The van der Waals surface area contributed by atoms with Crippen LogP contribution in [-0.4, -0.2) is 42.2 Å². The third-order valence-electron chi connectivity index (χ3n) is 3.15. The zero-order chi connectivity index (χ0) is 13.3. The first-order chi connectivity index (χ1) is 8.47. The Hall–Kier alpha value is -1.26. The zero-order valence-corrected chi connectivity index (χ0v) is 11.1. The molecule has 1 atom stereocenters. The molecule has 5 heteroatoms. The fourth-order valence-electron chi connectivity index (χ4n) is 1.92. The van der Waals surface area contributed by atoms with Crippen LogP contribution >= 0.6 is 11.6 Å². The minimum absolute atomic E-state index is 0.176. The monoisotopic (exact) mass is 269 g/mol. The van der Waals surface area contributed by atoms with Gasteiger partial charge in [0.15, 0.2) is 0 Å². The summed E-state index contributed by atoms with van der Waals surface area (Å²) < 4.78 is 5.73. The van der Waals surface area contributed by atoms with E-state index in [0.717, 1.165) is 13.1 Å². The van der Waals surface area contributed by atoms with E-state index in [1.807, 2.05) is 7.05 Å². The largest absolute Gasteiger partial charge is 0.486 e. The molecule has 1 saturated heterocycles. The lowest BCUT2D eigenvalue weighted by Crippen LogP contribution is -2.51. The Kier molecular flexibility index (Phi) is 3.78. The van der Waals surface area contributed by atoms with Crippen LogP contribution in [0.1, 0.15) is 18.4 Å². The molecule has 0 radical (unpaired) electrons. The van der Waals surface area contributed by atoms with Crippen molar-refractivity contribution in [1.29, 1.82) is 0 Å². The maximum absolute atomic E-state index is 10.9. The fraction of sp³-hybridized carbons (Fsp3) is 0.462. The number of likely N-dealkylation sites (N-methyl/N-ethyl adjacent to an activating group) is 1. The van der Waals surface area contributed by atoms with Crippen LogP contribution in [0.2, 0.25) is 5.02 Å². The van der Waals surface area contributed by atoms with Crippen molar-refractivity contribution in [2.75, 3.05) is 20.1 Å². The van der Waals surface area contributed by atoms with Gasteiger partial charge in [-0.2, -0.15) is 0 Å². The summed E-state index contributed by atoms with van der Waals surface area (Å²) in [4.78, 5) is 13.0. The van der Waals surface area contributed by atoms with E-state index in [1.54, 1.807) is 25.1 Å². The lowest BCUT2D eigenvalue weighted by atomic mass is 10.0. The number of carboxylic acid groups (broad SMARTS) is 1. The molecule has 1 aliphatic heterocycles. The molecular formula is C13H16ClNO3. The van der Waals surface area contributed by atoms with Crippen molar-refractivity contribution in [3.63, 3.8) is 0 Å². The summed E-state index contributed by atoms with van der Waals surface area (Å²) in [5, 5.41) is 9.41. The molecule has 0 aliphatic carbocycles. The van der Waals surface area contributed by atoms with Crippen molar-refractivity contribution in [1.82, 2.24) is 4.90 Å². The summed E-state index contributed by atoms with van der Waals surface area (Å²) >= 11 is 6.11. The van der Waals surface area contributed by atoms with Gasteiger partial charge in [-0.15, -0.1) is 0 Å². The number of hydrogen-bond donors (Lipinski definition) is 1. The van der Waals surface area contributed by atoms with Gasteiger partial charge in [-0.05, 0) is 31.7 Å². The van der Waals surface area contributed by atoms with E-state index in [0.29, 0.717) is 16.3 Å². The normalized spacial score (nSPS) is 18.2. The molecule has 98 valence electrons. The highest BCUT2D eigenvalue weighted by Crippen LogP contribution is 2.30. The fourth-order valence-corrected chi connectivity index (χ4v) is 2.15. The van der Waals surface area contributed by atoms with Crippen LogP contribution in [0.5, 0.6) is 5.75 Å². The van der Waals surface area contributed by atoms with E-state index >= 15 is 0 Å².